The molecule has 0 saturated carbocycles. The number of amides is 3. The average molecular weight is 601 g/mol. The van der Waals surface area contributed by atoms with Crippen molar-refractivity contribution in [1.82, 2.24) is 24.7 Å². The van der Waals surface area contributed by atoms with Crippen LogP contribution in [0.2, 0.25) is 5.02 Å². The molecule has 0 aliphatic carbocycles. The molecule has 2 aliphatic rings. The average Bonchev–Trinajstić information content (AvgIpc) is 3.64. The highest BCUT2D eigenvalue weighted by Gasteiger charge is 2.28. The summed E-state index contributed by atoms with van der Waals surface area (Å²) in [5.41, 5.74) is 0.715. The Morgan fingerprint density at radius 1 is 1.10 bits per heavy atom. The molecule has 0 spiro atoms. The number of ether oxygens (including phenoxy) is 1. The van der Waals surface area contributed by atoms with Crippen LogP contribution in [0.1, 0.15) is 33.8 Å². The maximum absolute atomic E-state index is 14.6. The fourth-order valence-electron chi connectivity index (χ4n) is 5.31. The number of anilines is 1. The normalized spacial score (nSPS) is 16.9. The summed E-state index contributed by atoms with van der Waals surface area (Å²) in [6, 6.07) is 7.18. The molecule has 3 aromatic rings. The number of piperazine rings is 1. The van der Waals surface area contributed by atoms with Gasteiger partial charge in [0.2, 0.25) is 11.7 Å². The van der Waals surface area contributed by atoms with Crippen molar-refractivity contribution in [3.8, 4) is 17.0 Å². The van der Waals surface area contributed by atoms with Crippen LogP contribution in [-0.4, -0.2) is 83.5 Å². The van der Waals surface area contributed by atoms with Gasteiger partial charge in [-0.25, -0.2) is 9.37 Å². The molecule has 3 heterocycles. The number of aromatic nitrogens is 2. The van der Waals surface area contributed by atoms with Crippen molar-refractivity contribution in [3.05, 3.63) is 64.6 Å². The summed E-state index contributed by atoms with van der Waals surface area (Å²) in [7, 11) is 2.74. The number of rotatable bonds is 7. The number of nitrogens with one attached hydrogen (secondary N) is 2. The van der Waals surface area contributed by atoms with Gasteiger partial charge >= 0.3 is 0 Å². The number of carbonyl (C=O) groups is 3. The van der Waals surface area contributed by atoms with Crippen LogP contribution in [0.5, 0.6) is 5.75 Å². The summed E-state index contributed by atoms with van der Waals surface area (Å²) >= 11 is 6.44. The van der Waals surface area contributed by atoms with Crippen molar-refractivity contribution in [2.24, 2.45) is 13.0 Å². The second-order valence-corrected chi connectivity index (χ2v) is 10.8. The van der Waals surface area contributed by atoms with Gasteiger partial charge in [-0.1, -0.05) is 11.6 Å². The fraction of sp³-hybridized carbons (Fsp3) is 0.379. The lowest BCUT2D eigenvalue weighted by Gasteiger charge is -2.35. The van der Waals surface area contributed by atoms with Crippen molar-refractivity contribution in [1.29, 1.82) is 0 Å². The Labute approximate surface area is 246 Å². The quantitative estimate of drug-likeness (QED) is 0.429. The zero-order valence-corrected chi connectivity index (χ0v) is 24.0. The third-order valence-electron chi connectivity index (χ3n) is 7.74. The lowest BCUT2D eigenvalue weighted by molar-refractivity contribution is -0.133. The van der Waals surface area contributed by atoms with Gasteiger partial charge in [0.15, 0.2) is 17.4 Å². The van der Waals surface area contributed by atoms with E-state index in [2.05, 4.69) is 15.6 Å². The third kappa shape index (κ3) is 5.95. The van der Waals surface area contributed by atoms with Gasteiger partial charge in [0.25, 0.3) is 11.8 Å². The molecule has 2 aliphatic heterocycles. The molecule has 2 N–H and O–H groups in total. The van der Waals surface area contributed by atoms with Crippen molar-refractivity contribution >= 4 is 35.0 Å². The number of carbonyl (C=O) groups excluding carboxylic acids is 3. The van der Waals surface area contributed by atoms with E-state index in [4.69, 9.17) is 16.3 Å². The molecule has 0 unspecified atom stereocenters. The highest BCUT2D eigenvalue weighted by atomic mass is 35.5. The maximum Gasteiger partial charge on any atom is 0.291 e. The van der Waals surface area contributed by atoms with Crippen LogP contribution in [0.15, 0.2) is 36.5 Å². The molecule has 42 heavy (non-hydrogen) atoms. The Morgan fingerprint density at radius 3 is 2.50 bits per heavy atom. The Kier molecular flexibility index (Phi) is 8.74. The molecule has 1 atom stereocenters. The van der Waals surface area contributed by atoms with Gasteiger partial charge in [-0.05, 0) is 55.8 Å². The zero-order chi connectivity index (χ0) is 30.0. The smallest absolute Gasteiger partial charge is 0.291 e. The second-order valence-electron chi connectivity index (χ2n) is 10.4. The standard InChI is InChI=1S/C29H31ClF2N6O4/c1-36-22(20-5-6-23(42-2)26(32)25(20)31)16-34-27(36)28(40)35-18-3-4-19(21(30)14-18)29(41)38-11-9-37(10-12-38)24(39)13-17-7-8-33-15-17/h3-6,14,16-17,33H,7-13,15H2,1-2H3,(H,35,40)/t17-/m0/s1. The van der Waals surface area contributed by atoms with Gasteiger partial charge in [-0.2, -0.15) is 4.39 Å². The minimum absolute atomic E-state index is 0.0477. The Balaban J connectivity index is 1.21. The van der Waals surface area contributed by atoms with Crippen molar-refractivity contribution < 1.29 is 27.9 Å². The Hall–Kier alpha value is -4.03. The number of imidazole rings is 1. The summed E-state index contributed by atoms with van der Waals surface area (Å²) in [5.74, 6) is -2.92. The van der Waals surface area contributed by atoms with E-state index in [0.717, 1.165) is 19.5 Å². The summed E-state index contributed by atoms with van der Waals surface area (Å²) in [6.07, 6.45) is 2.80. The second kappa shape index (κ2) is 12.5. The van der Waals surface area contributed by atoms with E-state index in [9.17, 15) is 23.2 Å². The van der Waals surface area contributed by atoms with Crippen LogP contribution >= 0.6 is 11.6 Å². The van der Waals surface area contributed by atoms with Crippen LogP contribution in [0.25, 0.3) is 11.3 Å². The maximum atomic E-state index is 14.6. The third-order valence-corrected chi connectivity index (χ3v) is 8.05. The molecule has 222 valence electrons. The Morgan fingerprint density at radius 2 is 1.83 bits per heavy atom. The molecule has 3 amide bonds. The lowest BCUT2D eigenvalue weighted by Crippen LogP contribution is -2.51. The van der Waals surface area contributed by atoms with Crippen LogP contribution in [0.3, 0.4) is 0 Å². The number of nitrogens with zero attached hydrogens (tertiary/aromatic N) is 4. The van der Waals surface area contributed by atoms with Crippen molar-refractivity contribution in [3.63, 3.8) is 0 Å². The molecule has 10 nitrogen and oxygen atoms in total. The summed E-state index contributed by atoms with van der Waals surface area (Å²) in [5, 5.41) is 6.10. The predicted octanol–water partition coefficient (Wildman–Crippen LogP) is 3.56. The summed E-state index contributed by atoms with van der Waals surface area (Å²) in [4.78, 5) is 46.3. The van der Waals surface area contributed by atoms with Gasteiger partial charge in [0.1, 0.15) is 0 Å². The number of benzene rings is 2. The van der Waals surface area contributed by atoms with E-state index in [1.807, 2.05) is 4.90 Å². The van der Waals surface area contributed by atoms with Gasteiger partial charge < -0.3 is 29.7 Å². The molecule has 2 aromatic carbocycles. The summed E-state index contributed by atoms with van der Waals surface area (Å²) < 4.78 is 35.0. The summed E-state index contributed by atoms with van der Waals surface area (Å²) in [6.45, 7) is 3.56. The van der Waals surface area contributed by atoms with Gasteiger partial charge in [0.05, 0.1) is 29.6 Å². The number of methoxy groups -OCH3 is 1. The zero-order valence-electron chi connectivity index (χ0n) is 23.3. The van der Waals surface area contributed by atoms with E-state index in [-0.39, 0.29) is 45.2 Å². The molecular weight excluding hydrogens is 570 g/mol. The number of hydrogen-bond acceptors (Lipinski definition) is 6. The van der Waals surface area contributed by atoms with E-state index in [0.29, 0.717) is 44.2 Å². The molecule has 2 saturated heterocycles. The van der Waals surface area contributed by atoms with Crippen LogP contribution in [0.4, 0.5) is 14.5 Å². The molecule has 1 aromatic heterocycles. The van der Waals surface area contributed by atoms with Crippen LogP contribution < -0.4 is 15.4 Å². The van der Waals surface area contributed by atoms with E-state index < -0.39 is 17.5 Å². The first-order chi connectivity index (χ1) is 20.2. The van der Waals surface area contributed by atoms with Gasteiger partial charge in [-0.15, -0.1) is 0 Å². The first kappa shape index (κ1) is 29.5. The lowest BCUT2D eigenvalue weighted by atomic mass is 10.0. The topological polar surface area (TPSA) is 109 Å². The Bertz CT molecular complexity index is 1520. The monoisotopic (exact) mass is 600 g/mol. The van der Waals surface area contributed by atoms with Gasteiger partial charge in [-0.3, -0.25) is 14.4 Å². The van der Waals surface area contributed by atoms with Crippen molar-refractivity contribution in [2.75, 3.05) is 51.7 Å². The fourth-order valence-corrected chi connectivity index (χ4v) is 5.57. The largest absolute Gasteiger partial charge is 0.494 e. The van der Waals surface area contributed by atoms with Crippen molar-refractivity contribution in [2.45, 2.75) is 12.8 Å². The van der Waals surface area contributed by atoms with E-state index in [1.165, 1.54) is 49.2 Å². The highest BCUT2D eigenvalue weighted by Crippen LogP contribution is 2.30. The SMILES string of the molecule is COc1ccc(-c2cnc(C(=O)Nc3ccc(C(=O)N4CCN(C(=O)C[C@@H]5CCNC5)CC4)c(Cl)c3)n2C)c(F)c1F. The first-order valence-electron chi connectivity index (χ1n) is 13.6. The number of hydrogen-bond donors (Lipinski definition) is 2. The predicted molar refractivity (Wildman–Crippen MR) is 153 cm³/mol. The molecule has 0 radical (unpaired) electrons. The van der Waals surface area contributed by atoms with Crippen LogP contribution in [-0.2, 0) is 11.8 Å². The van der Waals surface area contributed by atoms with Crippen LogP contribution in [0, 0.1) is 17.6 Å². The van der Waals surface area contributed by atoms with E-state index >= 15 is 0 Å². The minimum Gasteiger partial charge on any atom is -0.494 e. The molecule has 2 fully saturated rings. The minimum atomic E-state index is -1.14. The molecule has 5 rings (SSSR count). The van der Waals surface area contributed by atoms with E-state index in [1.54, 1.807) is 11.0 Å². The number of halogens is 3. The first-order valence-corrected chi connectivity index (χ1v) is 14.0. The molecule has 13 heteroatoms. The highest BCUT2D eigenvalue weighted by molar-refractivity contribution is 6.34. The molecule has 0 bridgehead atoms. The molecular formula is C29H31ClF2N6O4. The van der Waals surface area contributed by atoms with Gasteiger partial charge in [0, 0.05) is 50.9 Å².